The van der Waals surface area contributed by atoms with Crippen LogP contribution in [0, 0.1) is 6.92 Å². The number of aromatic nitrogens is 1. The number of benzene rings is 3. The summed E-state index contributed by atoms with van der Waals surface area (Å²) in [4.78, 5) is 16.7. The van der Waals surface area contributed by atoms with Gasteiger partial charge in [-0.1, -0.05) is 48.5 Å². The summed E-state index contributed by atoms with van der Waals surface area (Å²) in [5.41, 5.74) is 4.06. The van der Waals surface area contributed by atoms with Gasteiger partial charge in [-0.15, -0.1) is 11.3 Å². The van der Waals surface area contributed by atoms with Gasteiger partial charge >= 0.3 is 12.1 Å². The lowest BCUT2D eigenvalue weighted by Gasteiger charge is -2.10. The molecule has 1 aromatic heterocycles. The highest BCUT2D eigenvalue weighted by Gasteiger charge is 2.30. The Morgan fingerprint density at radius 3 is 2.34 bits per heavy atom. The zero-order valence-corrected chi connectivity index (χ0v) is 21.7. The van der Waals surface area contributed by atoms with Crippen molar-refractivity contribution in [3.63, 3.8) is 0 Å². The number of halogens is 3. The van der Waals surface area contributed by atoms with E-state index >= 15 is 0 Å². The van der Waals surface area contributed by atoms with Crippen molar-refractivity contribution in [3.05, 3.63) is 106 Å². The third-order valence-corrected chi connectivity index (χ3v) is 7.46. The van der Waals surface area contributed by atoms with Crippen LogP contribution >= 0.6 is 11.3 Å². The molecule has 0 atom stereocenters. The van der Waals surface area contributed by atoms with E-state index in [1.54, 1.807) is 0 Å². The van der Waals surface area contributed by atoms with Crippen LogP contribution < -0.4 is 4.74 Å². The third-order valence-electron chi connectivity index (χ3n) is 6.25. The van der Waals surface area contributed by atoms with Gasteiger partial charge < -0.3 is 9.84 Å². The molecule has 1 N–H and O–H groups in total. The Hall–Kier alpha value is -3.65. The van der Waals surface area contributed by atoms with E-state index in [1.807, 2.05) is 43.3 Å². The Labute approximate surface area is 223 Å². The van der Waals surface area contributed by atoms with Crippen molar-refractivity contribution >= 4 is 17.3 Å². The fraction of sp³-hybridized carbons (Fsp3) is 0.267. The van der Waals surface area contributed by atoms with Gasteiger partial charge in [0.1, 0.15) is 10.8 Å². The minimum Gasteiger partial charge on any atom is -0.493 e. The number of hydrogen-bond donors (Lipinski definition) is 1. The van der Waals surface area contributed by atoms with E-state index in [1.165, 1.54) is 29.0 Å². The molecule has 0 unspecified atom stereocenters. The van der Waals surface area contributed by atoms with E-state index in [2.05, 4.69) is 12.1 Å². The van der Waals surface area contributed by atoms with Gasteiger partial charge in [0.2, 0.25) is 0 Å². The Morgan fingerprint density at radius 1 is 0.947 bits per heavy atom. The Bertz CT molecular complexity index is 1370. The summed E-state index contributed by atoms with van der Waals surface area (Å²) in [6, 6.07) is 20.9. The lowest BCUT2D eigenvalue weighted by atomic mass is 10.0. The molecule has 0 fully saturated rings. The minimum atomic E-state index is -4.38. The smallest absolute Gasteiger partial charge is 0.416 e. The molecule has 1 heterocycles. The summed E-state index contributed by atoms with van der Waals surface area (Å²) in [5, 5.41) is 9.61. The maximum atomic E-state index is 13.0. The van der Waals surface area contributed by atoms with Gasteiger partial charge in [-0.2, -0.15) is 13.2 Å². The van der Waals surface area contributed by atoms with Crippen molar-refractivity contribution in [2.45, 2.75) is 45.2 Å². The Balaban J connectivity index is 1.47. The molecule has 0 aliphatic carbocycles. The molecule has 0 bridgehead atoms. The normalized spacial score (nSPS) is 11.5. The van der Waals surface area contributed by atoms with Gasteiger partial charge in [0.25, 0.3) is 0 Å². The van der Waals surface area contributed by atoms with Gasteiger partial charge in [0.15, 0.2) is 0 Å². The largest absolute Gasteiger partial charge is 0.493 e. The van der Waals surface area contributed by atoms with E-state index < -0.39 is 17.7 Å². The molecule has 38 heavy (non-hydrogen) atoms. The molecule has 0 saturated carbocycles. The van der Waals surface area contributed by atoms with Crippen molar-refractivity contribution in [2.24, 2.45) is 0 Å². The number of aryl methyl sites for hydroxylation is 4. The average molecular weight is 540 g/mol. The maximum absolute atomic E-state index is 13.0. The maximum Gasteiger partial charge on any atom is 0.416 e. The zero-order chi connectivity index (χ0) is 27.1. The molecule has 4 rings (SSSR count). The van der Waals surface area contributed by atoms with E-state index in [-0.39, 0.29) is 6.42 Å². The first-order valence-electron chi connectivity index (χ1n) is 12.3. The van der Waals surface area contributed by atoms with Crippen LogP contribution in [0.4, 0.5) is 13.2 Å². The SMILES string of the molecule is Cc1cc(OCCc2sc(-c3ccc(C(F)(F)F)cc3)nc2CCc2ccccc2)ccc1CCC(=O)O. The van der Waals surface area contributed by atoms with Crippen molar-refractivity contribution in [3.8, 4) is 16.3 Å². The number of nitrogens with zero attached hydrogens (tertiary/aromatic N) is 1. The number of carboxylic acid groups (broad SMARTS) is 1. The van der Waals surface area contributed by atoms with Crippen molar-refractivity contribution in [2.75, 3.05) is 6.61 Å². The van der Waals surface area contributed by atoms with Crippen LogP contribution in [0.25, 0.3) is 10.6 Å². The number of carbonyl (C=O) groups is 1. The summed E-state index contributed by atoms with van der Waals surface area (Å²) < 4.78 is 45.0. The number of alkyl halides is 3. The van der Waals surface area contributed by atoms with E-state index in [4.69, 9.17) is 14.8 Å². The number of ether oxygens (including phenoxy) is 1. The van der Waals surface area contributed by atoms with Gasteiger partial charge in [0.05, 0.1) is 17.9 Å². The fourth-order valence-electron chi connectivity index (χ4n) is 4.15. The Kier molecular flexibility index (Phi) is 8.84. The molecule has 198 valence electrons. The summed E-state index contributed by atoms with van der Waals surface area (Å²) in [6.07, 6.45) is -1.69. The summed E-state index contributed by atoms with van der Waals surface area (Å²) in [6.45, 7) is 2.35. The van der Waals surface area contributed by atoms with Gasteiger partial charge in [-0.25, -0.2) is 4.98 Å². The summed E-state index contributed by atoms with van der Waals surface area (Å²) in [5.74, 6) is -0.118. The molecule has 8 heteroatoms. The first-order chi connectivity index (χ1) is 18.2. The molecular formula is C30H28F3NO3S. The number of aliphatic carboxylic acids is 1. The van der Waals surface area contributed by atoms with Crippen LogP contribution in [0.2, 0.25) is 0 Å². The van der Waals surface area contributed by atoms with Crippen molar-refractivity contribution in [1.29, 1.82) is 0 Å². The predicted molar refractivity (Wildman–Crippen MR) is 143 cm³/mol. The lowest BCUT2D eigenvalue weighted by molar-refractivity contribution is -0.138. The first kappa shape index (κ1) is 27.4. The topological polar surface area (TPSA) is 59.4 Å². The molecule has 0 amide bonds. The average Bonchev–Trinajstić information content (AvgIpc) is 3.30. The second-order valence-corrected chi connectivity index (χ2v) is 10.1. The van der Waals surface area contributed by atoms with Gasteiger partial charge in [-0.3, -0.25) is 4.79 Å². The van der Waals surface area contributed by atoms with Crippen LogP contribution in [-0.4, -0.2) is 22.7 Å². The van der Waals surface area contributed by atoms with Crippen molar-refractivity contribution < 1.29 is 27.8 Å². The predicted octanol–water partition coefficient (Wildman–Crippen LogP) is 7.56. The number of rotatable bonds is 11. The Morgan fingerprint density at radius 2 is 1.68 bits per heavy atom. The molecule has 4 aromatic rings. The third kappa shape index (κ3) is 7.44. The van der Waals surface area contributed by atoms with E-state index in [9.17, 15) is 18.0 Å². The monoisotopic (exact) mass is 539 g/mol. The second kappa shape index (κ2) is 12.3. The molecule has 0 aliphatic rings. The van der Waals surface area contributed by atoms with E-state index in [0.29, 0.717) is 42.2 Å². The summed E-state index contributed by atoms with van der Waals surface area (Å²) in [7, 11) is 0. The minimum absolute atomic E-state index is 0.0828. The highest BCUT2D eigenvalue weighted by atomic mass is 32.1. The van der Waals surface area contributed by atoms with Crippen LogP contribution in [0.1, 0.15) is 39.2 Å². The van der Waals surface area contributed by atoms with Crippen LogP contribution in [0.15, 0.2) is 72.8 Å². The van der Waals surface area contributed by atoms with Crippen LogP contribution in [0.5, 0.6) is 5.75 Å². The number of carboxylic acids is 1. The second-order valence-electron chi connectivity index (χ2n) is 9.03. The molecule has 0 radical (unpaired) electrons. The zero-order valence-electron chi connectivity index (χ0n) is 20.9. The lowest BCUT2D eigenvalue weighted by Crippen LogP contribution is -2.04. The molecule has 0 spiro atoms. The molecule has 4 nitrogen and oxygen atoms in total. The van der Waals surface area contributed by atoms with Gasteiger partial charge in [-0.05, 0) is 67.1 Å². The summed E-state index contributed by atoms with van der Waals surface area (Å²) >= 11 is 1.48. The fourth-order valence-corrected chi connectivity index (χ4v) is 5.24. The quantitative estimate of drug-likeness (QED) is 0.214. The number of hydrogen-bond acceptors (Lipinski definition) is 4. The number of thiazole rings is 1. The van der Waals surface area contributed by atoms with Crippen LogP contribution in [0.3, 0.4) is 0 Å². The standard InChI is InChI=1S/C30H28F3NO3S/c1-20-19-25(14-10-22(20)11-16-28(35)36)37-18-17-27-26(15-7-21-5-3-2-4-6-21)34-29(38-27)23-8-12-24(13-9-23)30(31,32)33/h2-6,8-10,12-14,19H,7,11,15-18H2,1H3,(H,35,36). The molecule has 0 saturated heterocycles. The van der Waals surface area contributed by atoms with Gasteiger partial charge in [0, 0.05) is 23.3 Å². The van der Waals surface area contributed by atoms with Crippen LogP contribution in [-0.2, 0) is 36.7 Å². The van der Waals surface area contributed by atoms with E-state index in [0.717, 1.165) is 40.3 Å². The molecule has 0 aliphatic heterocycles. The molecule has 3 aromatic carbocycles. The highest BCUT2D eigenvalue weighted by Crippen LogP contribution is 2.33. The highest BCUT2D eigenvalue weighted by molar-refractivity contribution is 7.15. The molecular weight excluding hydrogens is 511 g/mol. The van der Waals surface area contributed by atoms with Crippen molar-refractivity contribution in [1.82, 2.24) is 4.98 Å². The first-order valence-corrected chi connectivity index (χ1v) is 13.1.